The van der Waals surface area contributed by atoms with E-state index in [0.29, 0.717) is 10.9 Å². The Morgan fingerprint density at radius 3 is 2.57 bits per heavy atom. The highest BCUT2D eigenvalue weighted by atomic mass is 35.5. The largest absolute Gasteiger partial charge is 0.316 e. The van der Waals surface area contributed by atoms with Crippen molar-refractivity contribution in [3.63, 3.8) is 0 Å². The van der Waals surface area contributed by atoms with Crippen LogP contribution < -0.4 is 5.32 Å². The third kappa shape index (κ3) is 4.20. The van der Waals surface area contributed by atoms with E-state index >= 15 is 0 Å². The summed E-state index contributed by atoms with van der Waals surface area (Å²) < 4.78 is 13.4. The molecule has 3 heteroatoms. The molecule has 0 spiro atoms. The van der Waals surface area contributed by atoms with Gasteiger partial charge >= 0.3 is 0 Å². The molecule has 118 valence electrons. The van der Waals surface area contributed by atoms with E-state index in [-0.39, 0.29) is 11.2 Å². The van der Waals surface area contributed by atoms with Crippen molar-refractivity contribution in [2.45, 2.75) is 51.9 Å². The van der Waals surface area contributed by atoms with Crippen LogP contribution in [0.2, 0.25) is 5.02 Å². The van der Waals surface area contributed by atoms with Crippen molar-refractivity contribution in [1.29, 1.82) is 0 Å². The first-order valence-electron chi connectivity index (χ1n) is 8.09. The minimum atomic E-state index is -0.252. The van der Waals surface area contributed by atoms with Gasteiger partial charge < -0.3 is 5.32 Å². The standard InChI is InChI=1S/C18H27ClFN/c1-13(2)11-21-12-18(8-6-14(3)7-9-18)16-5-4-15(20)10-17(16)19/h4-5,10,13-14,21H,6-9,11-12H2,1-3H3. The second kappa shape index (κ2) is 7.11. The maximum atomic E-state index is 13.4. The van der Waals surface area contributed by atoms with Crippen LogP contribution in [0.3, 0.4) is 0 Å². The van der Waals surface area contributed by atoms with Gasteiger partial charge in [-0.05, 0) is 61.8 Å². The fourth-order valence-electron chi connectivity index (χ4n) is 3.38. The normalized spacial score (nSPS) is 26.3. The molecule has 0 heterocycles. The Hall–Kier alpha value is -0.600. The maximum Gasteiger partial charge on any atom is 0.124 e. The summed E-state index contributed by atoms with van der Waals surface area (Å²) in [7, 11) is 0. The molecule has 2 rings (SSSR count). The van der Waals surface area contributed by atoms with Gasteiger partial charge in [0.25, 0.3) is 0 Å². The van der Waals surface area contributed by atoms with Gasteiger partial charge in [0, 0.05) is 17.0 Å². The first kappa shape index (κ1) is 16.8. The average Bonchev–Trinajstić information content (AvgIpc) is 2.41. The monoisotopic (exact) mass is 311 g/mol. The molecule has 0 aliphatic heterocycles. The summed E-state index contributed by atoms with van der Waals surface area (Å²) in [6, 6.07) is 4.90. The molecule has 1 saturated carbocycles. The summed E-state index contributed by atoms with van der Waals surface area (Å²) in [6.07, 6.45) is 4.70. The Kier molecular flexibility index (Phi) is 5.67. The minimum Gasteiger partial charge on any atom is -0.316 e. The summed E-state index contributed by atoms with van der Waals surface area (Å²) in [4.78, 5) is 0. The smallest absolute Gasteiger partial charge is 0.124 e. The molecule has 1 aromatic rings. The number of nitrogens with one attached hydrogen (secondary N) is 1. The molecule has 0 amide bonds. The molecule has 1 aliphatic rings. The quantitative estimate of drug-likeness (QED) is 0.790. The van der Waals surface area contributed by atoms with Crippen LogP contribution in [0, 0.1) is 17.7 Å². The molecule has 0 unspecified atom stereocenters. The summed E-state index contributed by atoms with van der Waals surface area (Å²) in [5.41, 5.74) is 1.18. The molecular weight excluding hydrogens is 285 g/mol. The second-order valence-corrected chi connectivity index (χ2v) is 7.52. The van der Waals surface area contributed by atoms with E-state index in [1.165, 1.54) is 18.9 Å². The second-order valence-electron chi connectivity index (χ2n) is 7.11. The van der Waals surface area contributed by atoms with Gasteiger partial charge in [0.1, 0.15) is 5.82 Å². The maximum absolute atomic E-state index is 13.4. The molecule has 1 aliphatic carbocycles. The average molecular weight is 312 g/mol. The highest BCUT2D eigenvalue weighted by Gasteiger charge is 2.37. The van der Waals surface area contributed by atoms with E-state index in [1.54, 1.807) is 6.07 Å². The van der Waals surface area contributed by atoms with Gasteiger partial charge in [-0.2, -0.15) is 0 Å². The van der Waals surface area contributed by atoms with Gasteiger partial charge in [-0.3, -0.25) is 0 Å². The Morgan fingerprint density at radius 2 is 2.00 bits per heavy atom. The van der Waals surface area contributed by atoms with Crippen molar-refractivity contribution < 1.29 is 4.39 Å². The zero-order chi connectivity index (χ0) is 15.5. The summed E-state index contributed by atoms with van der Waals surface area (Å²) >= 11 is 6.36. The van der Waals surface area contributed by atoms with Crippen LogP contribution in [-0.2, 0) is 5.41 Å². The van der Waals surface area contributed by atoms with Crippen molar-refractivity contribution in [3.05, 3.63) is 34.6 Å². The van der Waals surface area contributed by atoms with E-state index < -0.39 is 0 Å². The van der Waals surface area contributed by atoms with Gasteiger partial charge in [0.2, 0.25) is 0 Å². The topological polar surface area (TPSA) is 12.0 Å². The first-order valence-corrected chi connectivity index (χ1v) is 8.47. The van der Waals surface area contributed by atoms with E-state index in [2.05, 4.69) is 26.1 Å². The molecule has 1 aromatic carbocycles. The van der Waals surface area contributed by atoms with Gasteiger partial charge in [0.15, 0.2) is 0 Å². The predicted molar refractivity (Wildman–Crippen MR) is 88.4 cm³/mol. The Morgan fingerprint density at radius 1 is 1.33 bits per heavy atom. The van der Waals surface area contributed by atoms with Crippen LogP contribution in [0.1, 0.15) is 52.0 Å². The highest BCUT2D eigenvalue weighted by Crippen LogP contribution is 2.43. The van der Waals surface area contributed by atoms with Crippen molar-refractivity contribution in [3.8, 4) is 0 Å². The molecule has 0 saturated heterocycles. The van der Waals surface area contributed by atoms with E-state index in [9.17, 15) is 4.39 Å². The lowest BCUT2D eigenvalue weighted by Crippen LogP contribution is -2.42. The Balaban J connectivity index is 2.22. The molecule has 0 aromatic heterocycles. The third-order valence-corrected chi connectivity index (χ3v) is 5.06. The lowest BCUT2D eigenvalue weighted by molar-refractivity contribution is 0.231. The fourth-order valence-corrected chi connectivity index (χ4v) is 3.74. The molecular formula is C18H27ClFN. The fraction of sp³-hybridized carbons (Fsp3) is 0.667. The zero-order valence-electron chi connectivity index (χ0n) is 13.4. The number of halogens is 2. The molecule has 0 bridgehead atoms. The molecule has 1 N–H and O–H groups in total. The lowest BCUT2D eigenvalue weighted by atomic mass is 9.67. The number of hydrogen-bond acceptors (Lipinski definition) is 1. The number of rotatable bonds is 5. The molecule has 1 fully saturated rings. The van der Waals surface area contributed by atoms with Crippen LogP contribution >= 0.6 is 11.6 Å². The summed E-state index contributed by atoms with van der Waals surface area (Å²) in [6.45, 7) is 8.69. The lowest BCUT2D eigenvalue weighted by Gasteiger charge is -2.41. The van der Waals surface area contributed by atoms with Crippen LogP contribution in [-0.4, -0.2) is 13.1 Å². The van der Waals surface area contributed by atoms with Crippen molar-refractivity contribution >= 4 is 11.6 Å². The van der Waals surface area contributed by atoms with Crippen LogP contribution in [0.5, 0.6) is 0 Å². The van der Waals surface area contributed by atoms with E-state index in [4.69, 9.17) is 11.6 Å². The van der Waals surface area contributed by atoms with Gasteiger partial charge in [-0.25, -0.2) is 4.39 Å². The van der Waals surface area contributed by atoms with Crippen LogP contribution in [0.25, 0.3) is 0 Å². The van der Waals surface area contributed by atoms with Crippen LogP contribution in [0.4, 0.5) is 4.39 Å². The third-order valence-electron chi connectivity index (χ3n) is 4.75. The molecule has 0 radical (unpaired) electrons. The predicted octanol–water partition coefficient (Wildman–Crippen LogP) is 5.17. The molecule has 21 heavy (non-hydrogen) atoms. The van der Waals surface area contributed by atoms with Gasteiger partial charge in [0.05, 0.1) is 0 Å². The van der Waals surface area contributed by atoms with Gasteiger partial charge in [-0.1, -0.05) is 38.4 Å². The number of hydrogen-bond donors (Lipinski definition) is 1. The first-order chi connectivity index (χ1) is 9.93. The zero-order valence-corrected chi connectivity index (χ0v) is 14.1. The van der Waals surface area contributed by atoms with Crippen molar-refractivity contribution in [2.24, 2.45) is 11.8 Å². The number of benzene rings is 1. The summed E-state index contributed by atoms with van der Waals surface area (Å²) in [5, 5.41) is 4.18. The van der Waals surface area contributed by atoms with E-state index in [0.717, 1.165) is 37.4 Å². The summed E-state index contributed by atoms with van der Waals surface area (Å²) in [5.74, 6) is 1.16. The Labute approximate surface area is 133 Å². The van der Waals surface area contributed by atoms with Gasteiger partial charge in [-0.15, -0.1) is 0 Å². The SMILES string of the molecule is CC(C)CNCC1(c2ccc(F)cc2Cl)CCC(C)CC1. The highest BCUT2D eigenvalue weighted by molar-refractivity contribution is 6.31. The molecule has 0 atom stereocenters. The molecule has 1 nitrogen and oxygen atoms in total. The van der Waals surface area contributed by atoms with Crippen molar-refractivity contribution in [1.82, 2.24) is 5.32 Å². The minimum absolute atomic E-state index is 0.0617. The van der Waals surface area contributed by atoms with Crippen LogP contribution in [0.15, 0.2) is 18.2 Å². The Bertz CT molecular complexity index is 464. The van der Waals surface area contributed by atoms with Crippen molar-refractivity contribution in [2.75, 3.05) is 13.1 Å². The van der Waals surface area contributed by atoms with E-state index in [1.807, 2.05) is 6.07 Å².